The Morgan fingerprint density at radius 1 is 1.00 bits per heavy atom. The number of rotatable bonds is 11. The van der Waals surface area contributed by atoms with Crippen molar-refractivity contribution in [3.05, 3.63) is 34.6 Å². The highest BCUT2D eigenvalue weighted by Crippen LogP contribution is 2.33. The number of hydrogen-bond acceptors (Lipinski definition) is 2. The molecule has 2 nitrogen and oxygen atoms in total. The fourth-order valence-corrected chi connectivity index (χ4v) is 4.16. The summed E-state index contributed by atoms with van der Waals surface area (Å²) in [4.78, 5) is 5.17. The molecule has 0 bridgehead atoms. The number of allylic oxidation sites excluding steroid dienone is 5. The van der Waals surface area contributed by atoms with Gasteiger partial charge in [0.05, 0.1) is 0 Å². The number of nitrogens with zero attached hydrogens (tertiary/aromatic N) is 2. The molecule has 150 valence electrons. The molecule has 0 fully saturated rings. The molecular weight excluding hydrogens is 316 g/mol. The molecule has 0 aliphatic heterocycles. The average molecular weight is 361 g/mol. The molecule has 0 N–H and O–H groups in total. The van der Waals surface area contributed by atoms with Gasteiger partial charge in [0.1, 0.15) is 0 Å². The minimum Gasteiger partial charge on any atom is -0.377 e. The van der Waals surface area contributed by atoms with Crippen molar-refractivity contribution in [1.29, 1.82) is 0 Å². The van der Waals surface area contributed by atoms with Crippen LogP contribution in [0, 0.1) is 0 Å². The Bertz CT molecular complexity index is 490. The Morgan fingerprint density at radius 2 is 1.69 bits per heavy atom. The zero-order valence-corrected chi connectivity index (χ0v) is 18.7. The van der Waals surface area contributed by atoms with Crippen molar-refractivity contribution >= 4 is 0 Å². The van der Waals surface area contributed by atoms with Crippen molar-refractivity contribution in [1.82, 2.24) is 9.80 Å². The Labute approximate surface area is 164 Å². The van der Waals surface area contributed by atoms with Crippen molar-refractivity contribution in [2.45, 2.75) is 92.5 Å². The topological polar surface area (TPSA) is 6.48 Å². The van der Waals surface area contributed by atoms with E-state index in [0.717, 1.165) is 19.6 Å². The Morgan fingerprint density at radius 3 is 2.27 bits per heavy atom. The number of hydrogen-bond donors (Lipinski definition) is 0. The van der Waals surface area contributed by atoms with E-state index >= 15 is 0 Å². The van der Waals surface area contributed by atoms with E-state index in [4.69, 9.17) is 0 Å². The van der Waals surface area contributed by atoms with Crippen LogP contribution in [0.4, 0.5) is 0 Å². The third-order valence-corrected chi connectivity index (χ3v) is 5.80. The summed E-state index contributed by atoms with van der Waals surface area (Å²) in [6.45, 7) is 17.0. The highest BCUT2D eigenvalue weighted by Gasteiger charge is 2.28. The molecule has 0 radical (unpaired) electrons. The van der Waals surface area contributed by atoms with Gasteiger partial charge in [0.15, 0.2) is 0 Å². The predicted octanol–water partition coefficient (Wildman–Crippen LogP) is 6.56. The zero-order valence-electron chi connectivity index (χ0n) is 18.7. The predicted molar refractivity (Wildman–Crippen MR) is 118 cm³/mol. The maximum Gasteiger partial charge on any atom is 0.0496 e. The highest BCUT2D eigenvalue weighted by molar-refractivity contribution is 5.23. The molecule has 0 saturated carbocycles. The van der Waals surface area contributed by atoms with Gasteiger partial charge in [-0.05, 0) is 91.3 Å². The molecular formula is C24H44N2. The molecule has 0 unspecified atom stereocenters. The van der Waals surface area contributed by atoms with Gasteiger partial charge < -0.3 is 4.90 Å². The second kappa shape index (κ2) is 12.4. The second-order valence-corrected chi connectivity index (χ2v) is 8.04. The summed E-state index contributed by atoms with van der Waals surface area (Å²) < 4.78 is 0. The van der Waals surface area contributed by atoms with Crippen molar-refractivity contribution in [3.63, 3.8) is 0 Å². The lowest BCUT2D eigenvalue weighted by Crippen LogP contribution is -2.43. The molecule has 0 amide bonds. The summed E-state index contributed by atoms with van der Waals surface area (Å²) in [5, 5.41) is 0. The molecule has 1 rings (SSSR count). The van der Waals surface area contributed by atoms with Crippen LogP contribution in [0.15, 0.2) is 34.6 Å². The first kappa shape index (κ1) is 23.0. The normalized spacial score (nSPS) is 18.5. The molecule has 1 atom stereocenters. The van der Waals surface area contributed by atoms with Gasteiger partial charge in [-0.25, -0.2) is 0 Å². The maximum atomic E-state index is 2.65. The van der Waals surface area contributed by atoms with Crippen LogP contribution < -0.4 is 0 Å². The van der Waals surface area contributed by atoms with E-state index in [9.17, 15) is 0 Å². The lowest BCUT2D eigenvalue weighted by Gasteiger charge is -2.40. The van der Waals surface area contributed by atoms with Crippen LogP contribution in [0.25, 0.3) is 0 Å². The molecule has 1 aliphatic carbocycles. The standard InChI is InChI=1S/C24H44N2/c1-8-25(7)24-22(18-13-19-23(24)26(9-2)10-3)17-12-16-21(6)15-11-14-20(4)5/h14,16,23H,8-13,15,17-19H2,1-7H3/b21-16+/t23-/m1/s1. The fraction of sp³-hybridized carbons (Fsp3) is 0.750. The van der Waals surface area contributed by atoms with Crippen LogP contribution in [-0.2, 0) is 0 Å². The van der Waals surface area contributed by atoms with Gasteiger partial charge in [0.2, 0.25) is 0 Å². The third-order valence-electron chi connectivity index (χ3n) is 5.80. The van der Waals surface area contributed by atoms with E-state index in [1.807, 2.05) is 0 Å². The van der Waals surface area contributed by atoms with Crippen molar-refractivity contribution in [2.75, 3.05) is 26.7 Å². The molecule has 0 saturated heterocycles. The Kier molecular flexibility index (Phi) is 11.0. The summed E-state index contributed by atoms with van der Waals surface area (Å²) in [5.41, 5.74) is 6.33. The zero-order chi connectivity index (χ0) is 19.5. The maximum absolute atomic E-state index is 2.65. The molecule has 0 aromatic carbocycles. The summed E-state index contributed by atoms with van der Waals surface area (Å²) in [6.07, 6.45) is 13.6. The summed E-state index contributed by atoms with van der Waals surface area (Å²) in [6, 6.07) is 0.626. The van der Waals surface area contributed by atoms with E-state index in [1.165, 1.54) is 50.5 Å². The largest absolute Gasteiger partial charge is 0.377 e. The van der Waals surface area contributed by atoms with E-state index < -0.39 is 0 Å². The molecule has 26 heavy (non-hydrogen) atoms. The van der Waals surface area contributed by atoms with Gasteiger partial charge in [-0.1, -0.05) is 37.1 Å². The van der Waals surface area contributed by atoms with Crippen LogP contribution in [0.2, 0.25) is 0 Å². The minimum absolute atomic E-state index is 0.626. The first-order valence-corrected chi connectivity index (χ1v) is 10.9. The Hall–Kier alpha value is -1.02. The van der Waals surface area contributed by atoms with E-state index in [0.29, 0.717) is 6.04 Å². The van der Waals surface area contributed by atoms with Gasteiger partial charge in [0, 0.05) is 25.3 Å². The average Bonchev–Trinajstić information content (AvgIpc) is 2.62. The SMILES string of the molecule is CCN(C)C1=C(CC/C=C(\C)CCC=C(C)C)CCC[C@H]1N(CC)CC. The minimum atomic E-state index is 0.626. The van der Waals surface area contributed by atoms with Gasteiger partial charge in [-0.2, -0.15) is 0 Å². The Balaban J connectivity index is 2.82. The quantitative estimate of drug-likeness (QED) is 0.385. The van der Waals surface area contributed by atoms with Crippen molar-refractivity contribution in [2.24, 2.45) is 0 Å². The first-order chi connectivity index (χ1) is 12.4. The molecule has 2 heteroatoms. The molecule has 0 aromatic rings. The molecule has 0 heterocycles. The van der Waals surface area contributed by atoms with E-state index in [-0.39, 0.29) is 0 Å². The highest BCUT2D eigenvalue weighted by atomic mass is 15.2. The van der Waals surface area contributed by atoms with Crippen LogP contribution >= 0.6 is 0 Å². The number of likely N-dealkylation sites (N-methyl/N-ethyl adjacent to an activating group) is 2. The van der Waals surface area contributed by atoms with Crippen molar-refractivity contribution < 1.29 is 0 Å². The summed E-state index contributed by atoms with van der Waals surface area (Å²) in [5.74, 6) is 0. The van der Waals surface area contributed by atoms with Crippen LogP contribution in [-0.4, -0.2) is 42.5 Å². The van der Waals surface area contributed by atoms with Gasteiger partial charge >= 0.3 is 0 Å². The van der Waals surface area contributed by atoms with Crippen LogP contribution in [0.1, 0.15) is 86.5 Å². The molecule has 0 aromatic heterocycles. The fourth-order valence-electron chi connectivity index (χ4n) is 4.16. The van der Waals surface area contributed by atoms with Crippen molar-refractivity contribution in [3.8, 4) is 0 Å². The van der Waals surface area contributed by atoms with Crippen LogP contribution in [0.5, 0.6) is 0 Å². The lowest BCUT2D eigenvalue weighted by atomic mass is 9.87. The van der Waals surface area contributed by atoms with Gasteiger partial charge in [-0.15, -0.1) is 0 Å². The summed E-state index contributed by atoms with van der Waals surface area (Å²) >= 11 is 0. The van der Waals surface area contributed by atoms with E-state index in [1.54, 1.807) is 16.8 Å². The third kappa shape index (κ3) is 7.31. The second-order valence-electron chi connectivity index (χ2n) is 8.04. The monoisotopic (exact) mass is 360 g/mol. The summed E-state index contributed by atoms with van der Waals surface area (Å²) in [7, 11) is 2.29. The van der Waals surface area contributed by atoms with Gasteiger partial charge in [0.25, 0.3) is 0 Å². The van der Waals surface area contributed by atoms with Gasteiger partial charge in [-0.3, -0.25) is 4.90 Å². The lowest BCUT2D eigenvalue weighted by molar-refractivity contribution is 0.186. The molecule has 1 aliphatic rings. The molecule has 0 spiro atoms. The van der Waals surface area contributed by atoms with Crippen LogP contribution in [0.3, 0.4) is 0 Å². The smallest absolute Gasteiger partial charge is 0.0496 e. The first-order valence-electron chi connectivity index (χ1n) is 10.9. The van der Waals surface area contributed by atoms with E-state index in [2.05, 4.69) is 70.5 Å².